The number of ether oxygens (including phenoxy) is 1. The van der Waals surface area contributed by atoms with Crippen molar-refractivity contribution in [2.45, 2.75) is 386 Å². The molecule has 0 bridgehead atoms. The van der Waals surface area contributed by atoms with Crippen LogP contribution in [0.1, 0.15) is 386 Å². The third-order valence-corrected chi connectivity index (χ3v) is 14.7. The minimum atomic E-state index is 0.0357. The molecule has 0 saturated heterocycles. The van der Waals surface area contributed by atoms with Gasteiger partial charge in [0.05, 0.1) is 6.61 Å². The van der Waals surface area contributed by atoms with Crippen LogP contribution in [0.2, 0.25) is 0 Å². The smallest absolute Gasteiger partial charge is 0.305 e. The predicted octanol–water partition coefficient (Wildman–Crippen LogP) is 23.2. The van der Waals surface area contributed by atoms with E-state index in [1.807, 2.05) is 0 Å². The van der Waals surface area contributed by atoms with Crippen molar-refractivity contribution < 1.29 is 9.53 Å². The summed E-state index contributed by atoms with van der Waals surface area (Å²) >= 11 is 0. The highest BCUT2D eigenvalue weighted by Gasteiger charge is 2.04. The maximum absolute atomic E-state index is 12.1. The number of unbranched alkanes of at least 4 members (excludes halogenated alkanes) is 55. The van der Waals surface area contributed by atoms with Gasteiger partial charge in [-0.2, -0.15) is 0 Å². The summed E-state index contributed by atoms with van der Waals surface area (Å²) in [5.74, 6) is 0.0357. The van der Waals surface area contributed by atoms with Gasteiger partial charge in [0, 0.05) is 6.42 Å². The van der Waals surface area contributed by atoms with Crippen molar-refractivity contribution in [2.24, 2.45) is 0 Å². The second kappa shape index (κ2) is 60.5. The maximum atomic E-state index is 12.1. The molecule has 0 aromatic carbocycles. The Labute approximate surface area is 406 Å². The summed E-state index contributed by atoms with van der Waals surface area (Å²) in [7, 11) is 0. The molecule has 0 aliphatic rings. The Bertz CT molecular complexity index is 807. The number of rotatable bonds is 59. The molecule has 0 amide bonds. The zero-order valence-corrected chi connectivity index (χ0v) is 45.0. The van der Waals surface area contributed by atoms with Gasteiger partial charge >= 0.3 is 5.97 Å². The van der Waals surface area contributed by atoms with E-state index in [0.29, 0.717) is 13.0 Å². The number of esters is 1. The van der Waals surface area contributed by atoms with E-state index in [-0.39, 0.29) is 5.97 Å². The van der Waals surface area contributed by atoms with Gasteiger partial charge in [-0.15, -0.1) is 0 Å². The standard InChI is InChI=1S/C62H124O2/c1-3-5-7-9-11-13-15-17-19-21-23-24-25-26-27-28-29-30-31-32-33-34-35-36-37-38-39-40-41-43-45-47-49-51-53-55-57-59-61-64-62(63)60-58-56-54-52-50-48-46-44-42-22-20-18-16-14-12-10-8-6-4-2/h3-61H2,1-2H3. The lowest BCUT2D eigenvalue weighted by molar-refractivity contribution is -0.143. The van der Waals surface area contributed by atoms with Crippen LogP contribution in [0.15, 0.2) is 0 Å². The summed E-state index contributed by atoms with van der Waals surface area (Å²) < 4.78 is 5.51. The van der Waals surface area contributed by atoms with Crippen LogP contribution in [-0.4, -0.2) is 12.6 Å². The van der Waals surface area contributed by atoms with E-state index in [2.05, 4.69) is 13.8 Å². The molecule has 384 valence electrons. The third kappa shape index (κ3) is 59.5. The highest BCUT2D eigenvalue weighted by atomic mass is 16.5. The topological polar surface area (TPSA) is 26.3 Å². The van der Waals surface area contributed by atoms with Gasteiger partial charge in [-0.05, 0) is 12.8 Å². The minimum absolute atomic E-state index is 0.0357. The van der Waals surface area contributed by atoms with Gasteiger partial charge in [0.1, 0.15) is 0 Å². The molecule has 0 spiro atoms. The fourth-order valence-electron chi connectivity index (χ4n) is 10.1. The molecule has 64 heavy (non-hydrogen) atoms. The first-order chi connectivity index (χ1) is 31.8. The molecule has 0 rings (SSSR count). The lowest BCUT2D eigenvalue weighted by atomic mass is 10.0. The van der Waals surface area contributed by atoms with Crippen molar-refractivity contribution in [1.82, 2.24) is 0 Å². The second-order valence-corrected chi connectivity index (χ2v) is 21.4. The minimum Gasteiger partial charge on any atom is -0.466 e. The van der Waals surface area contributed by atoms with E-state index in [1.54, 1.807) is 0 Å². The third-order valence-electron chi connectivity index (χ3n) is 14.7. The van der Waals surface area contributed by atoms with Crippen LogP contribution in [-0.2, 0) is 9.53 Å². The molecule has 0 aromatic heterocycles. The maximum Gasteiger partial charge on any atom is 0.305 e. The Hall–Kier alpha value is -0.530. The monoisotopic (exact) mass is 901 g/mol. The summed E-state index contributed by atoms with van der Waals surface area (Å²) in [6.07, 6.45) is 81.8. The summed E-state index contributed by atoms with van der Waals surface area (Å²) in [5.41, 5.74) is 0. The Kier molecular flexibility index (Phi) is 60.0. The van der Waals surface area contributed by atoms with E-state index in [0.717, 1.165) is 12.8 Å². The van der Waals surface area contributed by atoms with Crippen LogP contribution in [0.4, 0.5) is 0 Å². The van der Waals surface area contributed by atoms with Crippen LogP contribution in [0.3, 0.4) is 0 Å². The van der Waals surface area contributed by atoms with Crippen molar-refractivity contribution in [3.63, 3.8) is 0 Å². The van der Waals surface area contributed by atoms with Crippen LogP contribution < -0.4 is 0 Å². The number of carbonyl (C=O) groups excluding carboxylic acids is 1. The number of hydrogen-bond donors (Lipinski definition) is 0. The van der Waals surface area contributed by atoms with Crippen molar-refractivity contribution >= 4 is 5.97 Å². The largest absolute Gasteiger partial charge is 0.466 e. The molecule has 0 aliphatic heterocycles. The Morgan fingerprint density at radius 3 is 0.516 bits per heavy atom. The lowest BCUT2D eigenvalue weighted by Gasteiger charge is -2.06. The summed E-state index contributed by atoms with van der Waals surface area (Å²) in [6, 6.07) is 0. The first kappa shape index (κ1) is 63.5. The Morgan fingerprint density at radius 2 is 0.344 bits per heavy atom. The second-order valence-electron chi connectivity index (χ2n) is 21.4. The van der Waals surface area contributed by atoms with E-state index in [9.17, 15) is 4.79 Å². The normalized spacial score (nSPS) is 11.6. The molecule has 0 atom stereocenters. The van der Waals surface area contributed by atoms with E-state index in [1.165, 1.54) is 353 Å². The quantitative estimate of drug-likeness (QED) is 0.0449. The average molecular weight is 902 g/mol. The average Bonchev–Trinajstić information content (AvgIpc) is 3.30. The zero-order chi connectivity index (χ0) is 46.0. The fourth-order valence-corrected chi connectivity index (χ4v) is 10.1. The molecule has 0 N–H and O–H groups in total. The first-order valence-electron chi connectivity index (χ1n) is 31.0. The van der Waals surface area contributed by atoms with Crippen molar-refractivity contribution in [3.8, 4) is 0 Å². The van der Waals surface area contributed by atoms with Crippen LogP contribution in [0.5, 0.6) is 0 Å². The SMILES string of the molecule is CCCCCCCCCCCCCCCCCCCCCCCCCCCCCCCCCCCCCCCCOC(=O)CCCCCCCCCCCCCCCCCCCCC. The Morgan fingerprint density at radius 1 is 0.203 bits per heavy atom. The first-order valence-corrected chi connectivity index (χ1v) is 31.0. The van der Waals surface area contributed by atoms with Gasteiger partial charge in [0.25, 0.3) is 0 Å². The molecule has 0 unspecified atom stereocenters. The van der Waals surface area contributed by atoms with E-state index < -0.39 is 0 Å². The molecule has 0 aromatic rings. The molecular weight excluding hydrogens is 777 g/mol. The highest BCUT2D eigenvalue weighted by Crippen LogP contribution is 2.19. The summed E-state index contributed by atoms with van der Waals surface area (Å²) in [4.78, 5) is 12.1. The van der Waals surface area contributed by atoms with Crippen LogP contribution in [0, 0.1) is 0 Å². The van der Waals surface area contributed by atoms with Crippen LogP contribution in [0.25, 0.3) is 0 Å². The number of carbonyl (C=O) groups is 1. The Balaban J connectivity index is 3.13. The lowest BCUT2D eigenvalue weighted by Crippen LogP contribution is -2.05. The van der Waals surface area contributed by atoms with Crippen molar-refractivity contribution in [1.29, 1.82) is 0 Å². The van der Waals surface area contributed by atoms with Gasteiger partial charge in [-0.3, -0.25) is 4.79 Å². The predicted molar refractivity (Wildman–Crippen MR) is 290 cm³/mol. The van der Waals surface area contributed by atoms with Gasteiger partial charge in [0.15, 0.2) is 0 Å². The van der Waals surface area contributed by atoms with Crippen molar-refractivity contribution in [2.75, 3.05) is 6.61 Å². The molecule has 0 saturated carbocycles. The molecule has 0 fully saturated rings. The fraction of sp³-hybridized carbons (Fsp3) is 0.984. The molecule has 2 heteroatoms. The van der Waals surface area contributed by atoms with Gasteiger partial charge in [0.2, 0.25) is 0 Å². The van der Waals surface area contributed by atoms with Crippen LogP contribution >= 0.6 is 0 Å². The van der Waals surface area contributed by atoms with Gasteiger partial charge < -0.3 is 4.74 Å². The van der Waals surface area contributed by atoms with E-state index >= 15 is 0 Å². The molecule has 0 aliphatic carbocycles. The summed E-state index contributed by atoms with van der Waals surface area (Å²) in [5, 5.41) is 0. The highest BCUT2D eigenvalue weighted by molar-refractivity contribution is 5.69. The number of hydrogen-bond acceptors (Lipinski definition) is 2. The van der Waals surface area contributed by atoms with Gasteiger partial charge in [-0.25, -0.2) is 0 Å². The molecule has 0 heterocycles. The van der Waals surface area contributed by atoms with E-state index in [4.69, 9.17) is 4.74 Å². The molecule has 2 nitrogen and oxygen atoms in total. The zero-order valence-electron chi connectivity index (χ0n) is 45.0. The molecular formula is C62H124O2. The van der Waals surface area contributed by atoms with Gasteiger partial charge in [-0.1, -0.05) is 367 Å². The van der Waals surface area contributed by atoms with Crippen molar-refractivity contribution in [3.05, 3.63) is 0 Å². The summed E-state index contributed by atoms with van der Waals surface area (Å²) in [6.45, 7) is 5.25. The molecule has 0 radical (unpaired) electrons.